The molecule has 19 heavy (non-hydrogen) atoms. The van der Waals surface area contributed by atoms with Gasteiger partial charge in [0.05, 0.1) is 12.7 Å². The maximum atomic E-state index is 10.3. The van der Waals surface area contributed by atoms with Crippen LogP contribution in [0.25, 0.3) is 0 Å². The summed E-state index contributed by atoms with van der Waals surface area (Å²) in [6.45, 7) is 10.1. The van der Waals surface area contributed by atoms with Gasteiger partial charge >= 0.3 is 0 Å². The first kappa shape index (κ1) is 16.2. The van der Waals surface area contributed by atoms with Gasteiger partial charge in [-0.3, -0.25) is 0 Å². The highest BCUT2D eigenvalue weighted by Crippen LogP contribution is 2.21. The van der Waals surface area contributed by atoms with E-state index in [2.05, 4.69) is 31.3 Å². The highest BCUT2D eigenvalue weighted by Gasteiger charge is 2.24. The topological polar surface area (TPSA) is 52.5 Å². The lowest BCUT2D eigenvalue weighted by molar-refractivity contribution is 0.0991. The van der Waals surface area contributed by atoms with Gasteiger partial charge < -0.3 is 15.5 Å². The summed E-state index contributed by atoms with van der Waals surface area (Å²) in [6.07, 6.45) is -0.577. The highest BCUT2D eigenvalue weighted by atomic mass is 16.3. The van der Waals surface area contributed by atoms with Crippen molar-refractivity contribution in [3.63, 3.8) is 0 Å². The van der Waals surface area contributed by atoms with Crippen LogP contribution in [0.5, 0.6) is 0 Å². The molecule has 0 spiro atoms. The average Bonchev–Trinajstić information content (AvgIpc) is 2.37. The van der Waals surface area contributed by atoms with Gasteiger partial charge in [-0.25, -0.2) is 0 Å². The summed E-state index contributed by atoms with van der Waals surface area (Å²) in [5, 5.41) is 22.8. The van der Waals surface area contributed by atoms with Crippen molar-refractivity contribution in [3.8, 4) is 0 Å². The predicted molar refractivity (Wildman–Crippen MR) is 79.3 cm³/mol. The number of rotatable bonds is 6. The van der Waals surface area contributed by atoms with Crippen LogP contribution in [0.1, 0.15) is 57.8 Å². The molecule has 3 heteroatoms. The molecule has 0 aliphatic carbocycles. The molecular formula is C16H27NO2. The fraction of sp³-hybridized carbons (Fsp3) is 0.625. The van der Waals surface area contributed by atoms with Gasteiger partial charge in [-0.1, -0.05) is 38.1 Å². The summed E-state index contributed by atoms with van der Waals surface area (Å²) in [5.41, 5.74) is 1.78. The Kier molecular flexibility index (Phi) is 5.53. The summed E-state index contributed by atoms with van der Waals surface area (Å²) in [4.78, 5) is 0. The van der Waals surface area contributed by atoms with Crippen molar-refractivity contribution in [1.29, 1.82) is 0 Å². The molecule has 1 aromatic carbocycles. The Morgan fingerprint density at radius 3 is 1.95 bits per heavy atom. The van der Waals surface area contributed by atoms with Gasteiger partial charge in [0.1, 0.15) is 0 Å². The number of nitrogens with one attached hydrogen (secondary N) is 1. The summed E-state index contributed by atoms with van der Waals surface area (Å²) in [6, 6.07) is 7.96. The van der Waals surface area contributed by atoms with Gasteiger partial charge in [0.25, 0.3) is 0 Å². The van der Waals surface area contributed by atoms with Crippen molar-refractivity contribution in [2.45, 2.75) is 58.2 Å². The van der Waals surface area contributed by atoms with Crippen molar-refractivity contribution in [3.05, 3.63) is 35.4 Å². The largest absolute Gasteiger partial charge is 0.394 e. The summed E-state index contributed by atoms with van der Waals surface area (Å²) in [7, 11) is 0. The minimum absolute atomic E-state index is 0.0380. The first-order chi connectivity index (χ1) is 8.76. The molecule has 3 nitrogen and oxygen atoms in total. The van der Waals surface area contributed by atoms with Crippen molar-refractivity contribution >= 4 is 0 Å². The SMILES string of the molecule is CC(C)c1ccc(C(O)C(C)NC(C)(C)CO)cc1. The van der Waals surface area contributed by atoms with E-state index >= 15 is 0 Å². The molecule has 0 heterocycles. The van der Waals surface area contributed by atoms with Crippen LogP contribution in [-0.2, 0) is 0 Å². The molecule has 0 fully saturated rings. The Balaban J connectivity index is 2.74. The molecule has 2 unspecified atom stereocenters. The van der Waals surface area contributed by atoms with E-state index in [4.69, 9.17) is 0 Å². The van der Waals surface area contributed by atoms with Crippen LogP contribution in [0.15, 0.2) is 24.3 Å². The number of aliphatic hydroxyl groups is 2. The Morgan fingerprint density at radius 1 is 1.05 bits per heavy atom. The lowest BCUT2D eigenvalue weighted by Crippen LogP contribution is -2.49. The zero-order valence-electron chi connectivity index (χ0n) is 12.6. The van der Waals surface area contributed by atoms with Crippen molar-refractivity contribution in [1.82, 2.24) is 5.32 Å². The van der Waals surface area contributed by atoms with Gasteiger partial charge in [-0.15, -0.1) is 0 Å². The monoisotopic (exact) mass is 265 g/mol. The van der Waals surface area contributed by atoms with Crippen LogP contribution >= 0.6 is 0 Å². The van der Waals surface area contributed by atoms with Gasteiger partial charge in [-0.2, -0.15) is 0 Å². The normalized spacial score (nSPS) is 15.6. The fourth-order valence-corrected chi connectivity index (χ4v) is 2.11. The van der Waals surface area contributed by atoms with Crippen LogP contribution in [-0.4, -0.2) is 28.4 Å². The van der Waals surface area contributed by atoms with E-state index < -0.39 is 11.6 Å². The molecule has 0 aliphatic heterocycles. The Bertz CT molecular complexity index is 384. The molecule has 0 aliphatic rings. The molecule has 0 amide bonds. The van der Waals surface area contributed by atoms with Gasteiger partial charge in [-0.05, 0) is 37.8 Å². The predicted octanol–water partition coefficient (Wildman–Crippen LogP) is 2.59. The minimum atomic E-state index is -0.577. The van der Waals surface area contributed by atoms with E-state index in [1.807, 2.05) is 32.9 Å². The lowest BCUT2D eigenvalue weighted by atomic mass is 9.96. The van der Waals surface area contributed by atoms with Crippen LogP contribution in [0.2, 0.25) is 0 Å². The summed E-state index contributed by atoms with van der Waals surface area (Å²) < 4.78 is 0. The molecule has 0 saturated carbocycles. The van der Waals surface area contributed by atoms with Gasteiger partial charge in [0.15, 0.2) is 0 Å². The maximum absolute atomic E-state index is 10.3. The second-order valence-electron chi connectivity index (χ2n) is 6.24. The van der Waals surface area contributed by atoms with Crippen LogP contribution in [0.4, 0.5) is 0 Å². The zero-order valence-corrected chi connectivity index (χ0v) is 12.6. The van der Waals surface area contributed by atoms with Crippen LogP contribution in [0.3, 0.4) is 0 Å². The molecule has 108 valence electrons. The third-order valence-electron chi connectivity index (χ3n) is 3.43. The molecule has 3 N–H and O–H groups in total. The molecule has 1 rings (SSSR count). The Morgan fingerprint density at radius 2 is 1.53 bits per heavy atom. The van der Waals surface area contributed by atoms with Crippen molar-refractivity contribution in [2.75, 3.05) is 6.61 Å². The lowest BCUT2D eigenvalue weighted by Gasteiger charge is -2.31. The molecular weight excluding hydrogens is 238 g/mol. The highest BCUT2D eigenvalue weighted by molar-refractivity contribution is 5.26. The Hall–Kier alpha value is -0.900. The first-order valence-electron chi connectivity index (χ1n) is 6.93. The molecule has 1 aromatic rings. The molecule has 0 radical (unpaired) electrons. The van der Waals surface area contributed by atoms with E-state index in [1.165, 1.54) is 5.56 Å². The quantitative estimate of drug-likeness (QED) is 0.741. The smallest absolute Gasteiger partial charge is 0.0940 e. The minimum Gasteiger partial charge on any atom is -0.394 e. The molecule has 0 saturated heterocycles. The van der Waals surface area contributed by atoms with E-state index in [0.29, 0.717) is 5.92 Å². The summed E-state index contributed by atoms with van der Waals surface area (Å²) in [5.74, 6) is 0.495. The third kappa shape index (κ3) is 4.60. The van der Waals surface area contributed by atoms with E-state index in [0.717, 1.165) is 5.56 Å². The van der Waals surface area contributed by atoms with E-state index in [-0.39, 0.29) is 12.6 Å². The van der Waals surface area contributed by atoms with Crippen molar-refractivity contribution < 1.29 is 10.2 Å². The van der Waals surface area contributed by atoms with Crippen molar-refractivity contribution in [2.24, 2.45) is 0 Å². The number of hydrogen-bond acceptors (Lipinski definition) is 3. The van der Waals surface area contributed by atoms with Gasteiger partial charge in [0.2, 0.25) is 0 Å². The average molecular weight is 265 g/mol. The molecule has 0 bridgehead atoms. The molecule has 0 aromatic heterocycles. The standard InChI is InChI=1S/C16H27NO2/c1-11(2)13-6-8-14(9-7-13)15(19)12(3)17-16(4,5)10-18/h6-9,11-12,15,17-19H,10H2,1-5H3. The first-order valence-corrected chi connectivity index (χ1v) is 6.93. The Labute approximate surface area is 116 Å². The second-order valence-corrected chi connectivity index (χ2v) is 6.24. The maximum Gasteiger partial charge on any atom is 0.0940 e. The fourth-order valence-electron chi connectivity index (χ4n) is 2.11. The molecule has 2 atom stereocenters. The number of hydrogen-bond donors (Lipinski definition) is 3. The van der Waals surface area contributed by atoms with E-state index in [9.17, 15) is 10.2 Å². The zero-order chi connectivity index (χ0) is 14.6. The number of aliphatic hydroxyl groups excluding tert-OH is 2. The second kappa shape index (κ2) is 6.51. The van der Waals surface area contributed by atoms with Crippen LogP contribution < -0.4 is 5.32 Å². The van der Waals surface area contributed by atoms with Gasteiger partial charge in [0, 0.05) is 11.6 Å². The summed E-state index contributed by atoms with van der Waals surface area (Å²) >= 11 is 0. The van der Waals surface area contributed by atoms with E-state index in [1.54, 1.807) is 0 Å². The third-order valence-corrected chi connectivity index (χ3v) is 3.43. The van der Waals surface area contributed by atoms with Crippen LogP contribution in [0, 0.1) is 0 Å². The number of benzene rings is 1.